The Morgan fingerprint density at radius 3 is 2.37 bits per heavy atom. The van der Waals surface area contributed by atoms with Gasteiger partial charge >= 0.3 is 0 Å². The molecule has 0 saturated carbocycles. The lowest BCUT2D eigenvalue weighted by Crippen LogP contribution is -2.24. The molecule has 0 spiro atoms. The lowest BCUT2D eigenvalue weighted by atomic mass is 10.0. The number of carbonyl (C=O) groups is 1. The third kappa shape index (κ3) is 4.78. The van der Waals surface area contributed by atoms with Crippen molar-refractivity contribution in [2.75, 3.05) is 7.11 Å². The Hall–Kier alpha value is -3.04. The first-order valence-electron chi connectivity index (χ1n) is 8.61. The number of benzene rings is 3. The predicted molar refractivity (Wildman–Crippen MR) is 111 cm³/mol. The normalized spacial score (nSPS) is 11.1. The van der Waals surface area contributed by atoms with E-state index in [0.29, 0.717) is 17.1 Å². The second-order valence-electron chi connectivity index (χ2n) is 5.94. The minimum atomic E-state index is -0.174. The second kappa shape index (κ2) is 9.06. The van der Waals surface area contributed by atoms with Crippen molar-refractivity contribution in [3.8, 4) is 5.75 Å². The smallest absolute Gasteiger partial charge is 0.252 e. The molecule has 1 N–H and O–H groups in total. The number of para-hydroxylation sites is 1. The van der Waals surface area contributed by atoms with Gasteiger partial charge in [-0.05, 0) is 29.3 Å². The van der Waals surface area contributed by atoms with Crippen LogP contribution in [0.3, 0.4) is 0 Å². The van der Waals surface area contributed by atoms with E-state index >= 15 is 0 Å². The molecule has 0 aliphatic carbocycles. The van der Waals surface area contributed by atoms with E-state index in [1.165, 1.54) is 0 Å². The van der Waals surface area contributed by atoms with E-state index in [-0.39, 0.29) is 5.91 Å². The fourth-order valence-corrected chi connectivity index (χ4v) is 2.96. The van der Waals surface area contributed by atoms with Gasteiger partial charge in [-0.25, -0.2) is 0 Å². The minimum Gasteiger partial charge on any atom is -0.496 e. The molecule has 3 aromatic carbocycles. The molecule has 0 radical (unpaired) electrons. The van der Waals surface area contributed by atoms with Gasteiger partial charge in [-0.15, -0.1) is 0 Å². The average molecular weight is 378 g/mol. The Balaban J connectivity index is 1.89. The van der Waals surface area contributed by atoms with Crippen molar-refractivity contribution in [2.45, 2.75) is 6.54 Å². The quantitative estimate of drug-likeness (QED) is 0.473. The van der Waals surface area contributed by atoms with Crippen LogP contribution in [0, 0.1) is 0 Å². The van der Waals surface area contributed by atoms with Gasteiger partial charge in [-0.1, -0.05) is 78.3 Å². The molecular weight excluding hydrogens is 358 g/mol. The zero-order valence-electron chi connectivity index (χ0n) is 15.0. The van der Waals surface area contributed by atoms with E-state index in [1.807, 2.05) is 84.9 Å². The first kappa shape index (κ1) is 18.7. The highest BCUT2D eigenvalue weighted by Crippen LogP contribution is 2.24. The van der Waals surface area contributed by atoms with Crippen LogP contribution in [0.2, 0.25) is 5.02 Å². The molecule has 0 aromatic heterocycles. The first-order chi connectivity index (χ1) is 13.2. The van der Waals surface area contributed by atoms with Crippen LogP contribution in [0.15, 0.2) is 78.9 Å². The van der Waals surface area contributed by atoms with Crippen LogP contribution >= 0.6 is 11.6 Å². The zero-order chi connectivity index (χ0) is 19.1. The number of rotatable bonds is 6. The number of hydrogen-bond donors (Lipinski definition) is 1. The van der Waals surface area contributed by atoms with E-state index in [1.54, 1.807) is 7.11 Å². The zero-order valence-corrected chi connectivity index (χ0v) is 15.7. The summed E-state index contributed by atoms with van der Waals surface area (Å²) in [5.74, 6) is 0.571. The molecule has 3 nitrogen and oxygen atoms in total. The van der Waals surface area contributed by atoms with Gasteiger partial charge in [0.1, 0.15) is 5.75 Å². The van der Waals surface area contributed by atoms with Crippen LogP contribution in [-0.2, 0) is 11.3 Å². The van der Waals surface area contributed by atoms with E-state index in [4.69, 9.17) is 16.3 Å². The summed E-state index contributed by atoms with van der Waals surface area (Å²) in [7, 11) is 1.62. The van der Waals surface area contributed by atoms with Crippen molar-refractivity contribution in [1.82, 2.24) is 5.32 Å². The molecule has 0 saturated heterocycles. The number of nitrogens with one attached hydrogen (secondary N) is 1. The Labute approximate surface area is 164 Å². The molecule has 0 unspecified atom stereocenters. The van der Waals surface area contributed by atoms with Crippen LogP contribution in [0.1, 0.15) is 16.7 Å². The monoisotopic (exact) mass is 377 g/mol. The fourth-order valence-electron chi connectivity index (χ4n) is 2.77. The van der Waals surface area contributed by atoms with Crippen LogP contribution in [-0.4, -0.2) is 13.0 Å². The summed E-state index contributed by atoms with van der Waals surface area (Å²) >= 11 is 6.28. The number of hydrogen-bond acceptors (Lipinski definition) is 2. The molecule has 0 atom stereocenters. The lowest BCUT2D eigenvalue weighted by molar-refractivity contribution is -0.115. The maximum atomic E-state index is 13.0. The molecule has 0 fully saturated rings. The highest BCUT2D eigenvalue weighted by Gasteiger charge is 2.13. The van der Waals surface area contributed by atoms with E-state index in [9.17, 15) is 4.79 Å². The summed E-state index contributed by atoms with van der Waals surface area (Å²) in [6.45, 7) is 0.371. The summed E-state index contributed by atoms with van der Waals surface area (Å²) in [4.78, 5) is 13.0. The summed E-state index contributed by atoms with van der Waals surface area (Å²) in [5, 5.41) is 3.58. The van der Waals surface area contributed by atoms with Crippen molar-refractivity contribution < 1.29 is 9.53 Å². The van der Waals surface area contributed by atoms with Crippen LogP contribution in [0.4, 0.5) is 0 Å². The van der Waals surface area contributed by atoms with Gasteiger partial charge in [-0.2, -0.15) is 0 Å². The number of halogens is 1. The highest BCUT2D eigenvalue weighted by molar-refractivity contribution is 6.33. The van der Waals surface area contributed by atoms with Crippen LogP contribution < -0.4 is 10.1 Å². The lowest BCUT2D eigenvalue weighted by Gasteiger charge is -2.12. The third-order valence-corrected chi connectivity index (χ3v) is 4.51. The van der Waals surface area contributed by atoms with Crippen LogP contribution in [0.25, 0.3) is 11.6 Å². The predicted octanol–water partition coefficient (Wildman–Crippen LogP) is 5.21. The molecule has 0 aliphatic rings. The van der Waals surface area contributed by atoms with Gasteiger partial charge in [0.15, 0.2) is 0 Å². The standard InChI is InChI=1S/C23H20ClNO2/c1-27-22-14-8-6-12-19(22)16-25-23(26)20(17-9-3-2-4-10-17)15-18-11-5-7-13-21(18)24/h2-15H,16H2,1H3,(H,25,26)/b20-15+. The fraction of sp³-hybridized carbons (Fsp3) is 0.0870. The third-order valence-electron chi connectivity index (χ3n) is 4.17. The Kier molecular flexibility index (Phi) is 6.29. The first-order valence-corrected chi connectivity index (χ1v) is 8.98. The topological polar surface area (TPSA) is 38.3 Å². The average Bonchev–Trinajstić information content (AvgIpc) is 2.72. The molecular formula is C23H20ClNO2. The summed E-state index contributed by atoms with van der Waals surface area (Å²) in [5.41, 5.74) is 3.09. The van der Waals surface area contributed by atoms with E-state index in [0.717, 1.165) is 22.4 Å². The molecule has 3 rings (SSSR count). The molecule has 0 aliphatic heterocycles. The van der Waals surface area contributed by atoms with Crippen molar-refractivity contribution in [3.05, 3.63) is 101 Å². The maximum absolute atomic E-state index is 13.0. The number of ether oxygens (including phenoxy) is 1. The van der Waals surface area contributed by atoms with Crippen molar-refractivity contribution >= 4 is 29.2 Å². The van der Waals surface area contributed by atoms with Gasteiger partial charge in [0.25, 0.3) is 5.91 Å². The largest absolute Gasteiger partial charge is 0.496 e. The Morgan fingerprint density at radius 2 is 1.63 bits per heavy atom. The van der Waals surface area contributed by atoms with Crippen molar-refractivity contribution in [1.29, 1.82) is 0 Å². The summed E-state index contributed by atoms with van der Waals surface area (Å²) in [6, 6.07) is 24.6. The Morgan fingerprint density at radius 1 is 0.963 bits per heavy atom. The van der Waals surface area contributed by atoms with Gasteiger partial charge in [0, 0.05) is 22.7 Å². The SMILES string of the molecule is COc1ccccc1CNC(=O)/C(=C/c1ccccc1Cl)c1ccccc1. The number of carbonyl (C=O) groups excluding carboxylic acids is 1. The van der Waals surface area contributed by atoms with Gasteiger partial charge in [0.2, 0.25) is 0 Å². The minimum absolute atomic E-state index is 0.174. The molecule has 136 valence electrons. The molecule has 0 bridgehead atoms. The van der Waals surface area contributed by atoms with E-state index in [2.05, 4.69) is 5.32 Å². The second-order valence-corrected chi connectivity index (χ2v) is 6.35. The summed E-state index contributed by atoms with van der Waals surface area (Å²) < 4.78 is 5.35. The molecule has 0 heterocycles. The molecule has 1 amide bonds. The molecule has 3 aromatic rings. The molecule has 4 heteroatoms. The number of methoxy groups -OCH3 is 1. The maximum Gasteiger partial charge on any atom is 0.252 e. The van der Waals surface area contributed by atoms with E-state index < -0.39 is 0 Å². The number of amides is 1. The van der Waals surface area contributed by atoms with Crippen molar-refractivity contribution in [3.63, 3.8) is 0 Å². The van der Waals surface area contributed by atoms with Gasteiger partial charge < -0.3 is 10.1 Å². The van der Waals surface area contributed by atoms with Gasteiger partial charge in [0.05, 0.1) is 7.11 Å². The van der Waals surface area contributed by atoms with Gasteiger partial charge in [-0.3, -0.25) is 4.79 Å². The van der Waals surface area contributed by atoms with Crippen LogP contribution in [0.5, 0.6) is 5.75 Å². The summed E-state index contributed by atoms with van der Waals surface area (Å²) in [6.07, 6.45) is 1.81. The van der Waals surface area contributed by atoms with Crippen molar-refractivity contribution in [2.24, 2.45) is 0 Å². The highest BCUT2D eigenvalue weighted by atomic mass is 35.5. The Bertz CT molecular complexity index is 951. The molecule has 27 heavy (non-hydrogen) atoms.